The summed E-state index contributed by atoms with van der Waals surface area (Å²) < 4.78 is 0. The summed E-state index contributed by atoms with van der Waals surface area (Å²) in [6, 6.07) is 10.4. The lowest BCUT2D eigenvalue weighted by Crippen LogP contribution is -2.17. The van der Waals surface area contributed by atoms with E-state index in [0.29, 0.717) is 5.56 Å². The molecule has 0 aliphatic rings. The minimum atomic E-state index is 0.103. The highest BCUT2D eigenvalue weighted by Crippen LogP contribution is 2.28. The molecule has 1 heterocycles. The first-order chi connectivity index (χ1) is 10.0. The number of thioether (sulfide) groups is 1. The quantitative estimate of drug-likeness (QED) is 0.298. The monoisotopic (exact) mass is 301 g/mol. The Morgan fingerprint density at radius 1 is 1.29 bits per heavy atom. The van der Waals surface area contributed by atoms with Gasteiger partial charge in [-0.3, -0.25) is 4.98 Å². The summed E-state index contributed by atoms with van der Waals surface area (Å²) in [5.41, 5.74) is 10.7. The molecule has 0 atom stereocenters. The van der Waals surface area contributed by atoms with Gasteiger partial charge in [-0.05, 0) is 32.4 Å². The molecule has 0 aliphatic carbocycles. The lowest BCUT2D eigenvalue weighted by atomic mass is 10.1. The molecule has 0 saturated carbocycles. The van der Waals surface area contributed by atoms with E-state index in [-0.39, 0.29) is 5.84 Å². The van der Waals surface area contributed by atoms with Gasteiger partial charge in [-0.2, -0.15) is 0 Å². The van der Waals surface area contributed by atoms with Gasteiger partial charge in [0.05, 0.1) is 5.56 Å². The Morgan fingerprint density at radius 3 is 2.71 bits per heavy atom. The third-order valence-electron chi connectivity index (χ3n) is 3.13. The van der Waals surface area contributed by atoms with Crippen LogP contribution in [0.1, 0.15) is 28.1 Å². The van der Waals surface area contributed by atoms with Crippen LogP contribution in [0.3, 0.4) is 0 Å². The van der Waals surface area contributed by atoms with E-state index in [9.17, 15) is 0 Å². The number of aromatic nitrogens is 1. The first kappa shape index (κ1) is 15.4. The van der Waals surface area contributed by atoms with Gasteiger partial charge < -0.3 is 10.9 Å². The van der Waals surface area contributed by atoms with E-state index < -0.39 is 0 Å². The molecule has 0 spiro atoms. The number of rotatable bonds is 4. The highest BCUT2D eigenvalue weighted by molar-refractivity contribution is 7.98. The molecule has 4 nitrogen and oxygen atoms in total. The molecule has 110 valence electrons. The van der Waals surface area contributed by atoms with Crippen molar-refractivity contribution in [1.82, 2.24) is 4.98 Å². The fourth-order valence-electron chi connectivity index (χ4n) is 2.23. The summed E-state index contributed by atoms with van der Waals surface area (Å²) >= 11 is 1.67. The van der Waals surface area contributed by atoms with Gasteiger partial charge in [0, 0.05) is 22.0 Å². The van der Waals surface area contributed by atoms with Crippen molar-refractivity contribution in [2.24, 2.45) is 10.9 Å². The van der Waals surface area contributed by atoms with Crippen LogP contribution in [0.25, 0.3) is 0 Å². The molecule has 0 unspecified atom stereocenters. The van der Waals surface area contributed by atoms with Gasteiger partial charge in [0.15, 0.2) is 5.84 Å². The molecule has 0 radical (unpaired) electrons. The Kier molecular flexibility index (Phi) is 4.85. The summed E-state index contributed by atoms with van der Waals surface area (Å²) in [7, 11) is 0. The van der Waals surface area contributed by atoms with Crippen molar-refractivity contribution >= 4 is 17.6 Å². The molecular formula is C16H19N3OS. The van der Waals surface area contributed by atoms with Crippen molar-refractivity contribution < 1.29 is 5.21 Å². The summed E-state index contributed by atoms with van der Waals surface area (Å²) in [5.74, 6) is 0.933. The molecule has 2 rings (SSSR count). The minimum Gasteiger partial charge on any atom is -0.409 e. The molecule has 3 N–H and O–H groups in total. The average Bonchev–Trinajstić information content (AvgIpc) is 2.44. The van der Waals surface area contributed by atoms with Gasteiger partial charge in [-0.15, -0.1) is 11.8 Å². The second-order valence-corrected chi connectivity index (χ2v) is 6.00. The highest BCUT2D eigenvalue weighted by Gasteiger charge is 2.13. The summed E-state index contributed by atoms with van der Waals surface area (Å²) in [4.78, 5) is 5.37. The maximum Gasteiger partial charge on any atom is 0.173 e. The van der Waals surface area contributed by atoms with Gasteiger partial charge in [-0.25, -0.2) is 0 Å². The Morgan fingerprint density at radius 2 is 2.05 bits per heavy atom. The van der Waals surface area contributed by atoms with Crippen LogP contribution in [0.15, 0.2) is 40.4 Å². The van der Waals surface area contributed by atoms with Crippen LogP contribution in [0.4, 0.5) is 0 Å². The molecule has 0 bridgehead atoms. The third kappa shape index (κ3) is 3.76. The zero-order valence-electron chi connectivity index (χ0n) is 12.4. The largest absolute Gasteiger partial charge is 0.409 e. The number of nitrogens with two attached hydrogens (primary N) is 1. The fraction of sp³-hybridized carbons (Fsp3) is 0.250. The van der Waals surface area contributed by atoms with Crippen molar-refractivity contribution in [3.05, 3.63) is 58.4 Å². The zero-order chi connectivity index (χ0) is 15.4. The second kappa shape index (κ2) is 6.63. The topological polar surface area (TPSA) is 71.5 Å². The van der Waals surface area contributed by atoms with E-state index in [0.717, 1.165) is 22.0 Å². The Hall–Kier alpha value is -2.01. The lowest BCUT2D eigenvalue weighted by molar-refractivity contribution is 0.318. The highest BCUT2D eigenvalue weighted by atomic mass is 32.2. The number of aryl methyl sites for hydroxylation is 3. The first-order valence-corrected chi connectivity index (χ1v) is 7.64. The van der Waals surface area contributed by atoms with Crippen molar-refractivity contribution in [2.75, 3.05) is 0 Å². The number of benzene rings is 1. The predicted octanol–water partition coefficient (Wildman–Crippen LogP) is 3.39. The second-order valence-electron chi connectivity index (χ2n) is 4.99. The normalized spacial score (nSPS) is 11.7. The summed E-state index contributed by atoms with van der Waals surface area (Å²) in [5, 5.41) is 12.1. The molecular weight excluding hydrogens is 282 g/mol. The minimum absolute atomic E-state index is 0.103. The Labute approximate surface area is 129 Å². The number of hydrogen-bond donors (Lipinski definition) is 2. The molecule has 0 fully saturated rings. The number of amidine groups is 1. The van der Waals surface area contributed by atoms with E-state index in [4.69, 9.17) is 10.9 Å². The predicted molar refractivity (Wildman–Crippen MR) is 87.0 cm³/mol. The van der Waals surface area contributed by atoms with Gasteiger partial charge >= 0.3 is 0 Å². The number of pyridine rings is 1. The Balaban J connectivity index is 2.31. The smallest absolute Gasteiger partial charge is 0.173 e. The maximum atomic E-state index is 8.95. The molecule has 2 aromatic rings. The number of nitrogens with zero attached hydrogens (tertiary/aromatic N) is 2. The molecule has 0 saturated heterocycles. The van der Waals surface area contributed by atoms with Crippen LogP contribution >= 0.6 is 11.8 Å². The fourth-order valence-corrected chi connectivity index (χ4v) is 3.38. The van der Waals surface area contributed by atoms with Gasteiger partial charge in [0.2, 0.25) is 0 Å². The van der Waals surface area contributed by atoms with Crippen molar-refractivity contribution in [2.45, 2.75) is 31.4 Å². The number of oxime groups is 1. The molecule has 5 heteroatoms. The summed E-state index contributed by atoms with van der Waals surface area (Å²) in [6.45, 7) is 5.90. The van der Waals surface area contributed by atoms with Crippen LogP contribution in [-0.2, 0) is 5.75 Å². The Bertz CT molecular complexity index is 683. The molecule has 1 aromatic heterocycles. The van der Waals surface area contributed by atoms with Gasteiger partial charge in [0.25, 0.3) is 0 Å². The van der Waals surface area contributed by atoms with Crippen LogP contribution in [0.2, 0.25) is 0 Å². The van der Waals surface area contributed by atoms with E-state index in [1.54, 1.807) is 11.8 Å². The lowest BCUT2D eigenvalue weighted by Gasteiger charge is -2.12. The maximum absolute atomic E-state index is 8.95. The van der Waals surface area contributed by atoms with E-state index in [1.807, 2.05) is 19.9 Å². The molecule has 1 aromatic carbocycles. The third-order valence-corrected chi connectivity index (χ3v) is 4.24. The van der Waals surface area contributed by atoms with Crippen molar-refractivity contribution in [3.63, 3.8) is 0 Å². The van der Waals surface area contributed by atoms with Gasteiger partial charge in [-0.1, -0.05) is 35.0 Å². The van der Waals surface area contributed by atoms with E-state index in [1.165, 1.54) is 11.1 Å². The average molecular weight is 301 g/mol. The number of hydrogen-bond acceptors (Lipinski definition) is 4. The van der Waals surface area contributed by atoms with Crippen molar-refractivity contribution in [3.8, 4) is 0 Å². The molecule has 0 amide bonds. The van der Waals surface area contributed by atoms with Crippen LogP contribution in [0.5, 0.6) is 0 Å². The zero-order valence-corrected chi connectivity index (χ0v) is 13.2. The summed E-state index contributed by atoms with van der Waals surface area (Å²) in [6.07, 6.45) is 0. The standard InChI is InChI=1S/C16H19N3OS/c1-10-5-4-6-13(7-10)9-21-14-8-11(2)18-12(3)15(14)16(17)19-20/h4-8,20H,9H2,1-3H3,(H2,17,19). The first-order valence-electron chi connectivity index (χ1n) is 6.65. The molecule has 21 heavy (non-hydrogen) atoms. The van der Waals surface area contributed by atoms with E-state index >= 15 is 0 Å². The van der Waals surface area contributed by atoms with Crippen LogP contribution in [0, 0.1) is 20.8 Å². The molecule has 0 aliphatic heterocycles. The van der Waals surface area contributed by atoms with Crippen molar-refractivity contribution in [1.29, 1.82) is 0 Å². The van der Waals surface area contributed by atoms with Crippen LogP contribution < -0.4 is 5.73 Å². The van der Waals surface area contributed by atoms with E-state index in [2.05, 4.69) is 41.3 Å². The van der Waals surface area contributed by atoms with Crippen LogP contribution in [-0.4, -0.2) is 16.0 Å². The SMILES string of the molecule is Cc1cccc(CSc2cc(C)nc(C)c2/C(N)=N/O)c1. The van der Waals surface area contributed by atoms with Gasteiger partial charge in [0.1, 0.15) is 0 Å².